The number of allylic oxidation sites excluding steroid dienone is 1. The lowest BCUT2D eigenvalue weighted by Crippen LogP contribution is -2.38. The van der Waals surface area contributed by atoms with Gasteiger partial charge in [-0.25, -0.2) is 9.18 Å². The van der Waals surface area contributed by atoms with Crippen LogP contribution >= 0.6 is 0 Å². The Hall–Kier alpha value is -2.97. The minimum Gasteiger partial charge on any atom is -0.492 e. The fourth-order valence-electron chi connectivity index (χ4n) is 5.65. The van der Waals surface area contributed by atoms with Crippen LogP contribution < -0.4 is 15.8 Å². The van der Waals surface area contributed by atoms with Crippen molar-refractivity contribution in [2.24, 2.45) is 5.73 Å². The number of halogens is 1. The molecule has 246 valence electrons. The topological polar surface area (TPSA) is 99.9 Å². The number of methoxy groups -OCH3 is 1. The Labute approximate surface area is 264 Å². The monoisotopic (exact) mass is 614 g/mol. The Balaban J connectivity index is 2.95. The zero-order valence-corrected chi connectivity index (χ0v) is 28.3. The molecule has 1 aliphatic carbocycles. The Morgan fingerprint density at radius 1 is 1.14 bits per heavy atom. The molecule has 0 aromatic heterocycles. The highest BCUT2D eigenvalue weighted by Crippen LogP contribution is 2.41. The molecule has 0 spiro atoms. The molecule has 1 saturated carbocycles. The van der Waals surface area contributed by atoms with Gasteiger partial charge in [-0.15, -0.1) is 0 Å². The largest absolute Gasteiger partial charge is 0.492 e. The van der Waals surface area contributed by atoms with Crippen LogP contribution in [0.3, 0.4) is 0 Å². The second kappa shape index (κ2) is 17.5. The molecule has 1 unspecified atom stereocenters. The van der Waals surface area contributed by atoms with Crippen LogP contribution in [0.5, 0.6) is 5.75 Å². The third kappa shape index (κ3) is 10.0. The van der Waals surface area contributed by atoms with E-state index in [4.69, 9.17) is 19.9 Å². The lowest BCUT2D eigenvalue weighted by Gasteiger charge is -2.32. The first-order valence-electron chi connectivity index (χ1n) is 16.1. The maximum Gasteiger partial charge on any atom is 0.339 e. The van der Waals surface area contributed by atoms with Gasteiger partial charge < -0.3 is 25.3 Å². The summed E-state index contributed by atoms with van der Waals surface area (Å²) in [6.07, 6.45) is 6.73. The van der Waals surface area contributed by atoms with Crippen molar-refractivity contribution in [3.8, 4) is 5.75 Å². The number of hydrogen-bond donors (Lipinski definition) is 2. The van der Waals surface area contributed by atoms with Crippen LogP contribution in [0.2, 0.25) is 0 Å². The SMILES string of the molecule is C=C(C(=O)NC1CCCCC1)C(C)=C(C(=C(C)CCCC)C(OC(C)(C)C)C(=O)OC)c1ccc(OCCN)c(CC)c1F. The van der Waals surface area contributed by atoms with E-state index in [9.17, 15) is 9.59 Å². The van der Waals surface area contributed by atoms with E-state index in [1.807, 2.05) is 34.6 Å². The molecule has 1 atom stereocenters. The summed E-state index contributed by atoms with van der Waals surface area (Å²) in [6, 6.07) is 3.44. The van der Waals surface area contributed by atoms with Crippen LogP contribution in [-0.4, -0.2) is 49.9 Å². The third-order valence-corrected chi connectivity index (χ3v) is 8.02. The number of benzene rings is 1. The summed E-state index contributed by atoms with van der Waals surface area (Å²) < 4.78 is 34.1. The number of rotatable bonds is 15. The average molecular weight is 615 g/mol. The molecular weight excluding hydrogens is 559 g/mol. The molecule has 1 aliphatic rings. The third-order valence-electron chi connectivity index (χ3n) is 8.02. The van der Waals surface area contributed by atoms with Crippen LogP contribution in [0.1, 0.15) is 111 Å². The van der Waals surface area contributed by atoms with Gasteiger partial charge in [-0.3, -0.25) is 4.79 Å². The lowest BCUT2D eigenvalue weighted by atomic mass is 9.82. The van der Waals surface area contributed by atoms with E-state index in [0.29, 0.717) is 47.4 Å². The molecule has 0 aliphatic heterocycles. The number of carbonyl (C=O) groups excluding carboxylic acids is 2. The van der Waals surface area contributed by atoms with Gasteiger partial charge in [0.15, 0.2) is 6.10 Å². The molecule has 0 heterocycles. The van der Waals surface area contributed by atoms with E-state index >= 15 is 4.39 Å². The summed E-state index contributed by atoms with van der Waals surface area (Å²) in [6.45, 7) is 17.9. The fourth-order valence-corrected chi connectivity index (χ4v) is 5.65. The van der Waals surface area contributed by atoms with Crippen molar-refractivity contribution in [2.75, 3.05) is 20.3 Å². The number of amides is 1. The molecule has 1 amide bonds. The molecule has 44 heavy (non-hydrogen) atoms. The number of carbonyl (C=O) groups is 2. The summed E-state index contributed by atoms with van der Waals surface area (Å²) in [4.78, 5) is 27.1. The highest BCUT2D eigenvalue weighted by Gasteiger charge is 2.36. The zero-order valence-electron chi connectivity index (χ0n) is 28.3. The molecule has 1 aromatic carbocycles. The molecule has 8 heteroatoms. The van der Waals surface area contributed by atoms with Gasteiger partial charge in [-0.1, -0.05) is 51.7 Å². The lowest BCUT2D eigenvalue weighted by molar-refractivity contribution is -0.159. The summed E-state index contributed by atoms with van der Waals surface area (Å²) in [5.41, 5.74) is 7.96. The molecule has 3 N–H and O–H groups in total. The normalized spacial score (nSPS) is 16.0. The molecule has 7 nitrogen and oxygen atoms in total. The van der Waals surface area contributed by atoms with Gasteiger partial charge in [-0.2, -0.15) is 0 Å². The van der Waals surface area contributed by atoms with E-state index in [2.05, 4.69) is 18.8 Å². The van der Waals surface area contributed by atoms with Gasteiger partial charge >= 0.3 is 5.97 Å². The Kier molecular flexibility index (Phi) is 14.8. The summed E-state index contributed by atoms with van der Waals surface area (Å²) in [5.74, 6) is -0.985. The molecular formula is C36H55FN2O5. The predicted molar refractivity (Wildman–Crippen MR) is 176 cm³/mol. The second-order valence-electron chi connectivity index (χ2n) is 12.6. The maximum absolute atomic E-state index is 16.7. The van der Waals surface area contributed by atoms with Crippen LogP contribution in [-0.2, 0) is 25.5 Å². The number of esters is 1. The van der Waals surface area contributed by atoms with Crippen molar-refractivity contribution >= 4 is 17.4 Å². The molecule has 0 radical (unpaired) electrons. The van der Waals surface area contributed by atoms with E-state index in [1.165, 1.54) is 7.11 Å². The van der Waals surface area contributed by atoms with Crippen molar-refractivity contribution < 1.29 is 28.2 Å². The summed E-state index contributed by atoms with van der Waals surface area (Å²) in [7, 11) is 1.31. The molecule has 1 aromatic rings. The molecule has 0 bridgehead atoms. The number of unbranched alkanes of at least 4 members (excludes halogenated alkanes) is 1. The van der Waals surface area contributed by atoms with Crippen molar-refractivity contribution in [2.45, 2.75) is 124 Å². The van der Waals surface area contributed by atoms with Gasteiger partial charge in [0.2, 0.25) is 0 Å². The van der Waals surface area contributed by atoms with Crippen molar-refractivity contribution in [3.05, 3.63) is 57.9 Å². The zero-order chi connectivity index (χ0) is 33.0. The average Bonchev–Trinajstić information content (AvgIpc) is 2.99. The van der Waals surface area contributed by atoms with Crippen LogP contribution in [0, 0.1) is 5.82 Å². The molecule has 1 fully saturated rings. The minimum absolute atomic E-state index is 0.0694. The first-order chi connectivity index (χ1) is 20.8. The summed E-state index contributed by atoms with van der Waals surface area (Å²) in [5, 5.41) is 3.14. The van der Waals surface area contributed by atoms with E-state index < -0.39 is 23.5 Å². The maximum atomic E-state index is 16.7. The van der Waals surface area contributed by atoms with Gasteiger partial charge in [0.25, 0.3) is 5.91 Å². The first kappa shape index (κ1) is 37.2. The Bertz CT molecular complexity index is 1220. The van der Waals surface area contributed by atoms with Gasteiger partial charge in [0, 0.05) is 29.3 Å². The van der Waals surface area contributed by atoms with E-state index in [0.717, 1.165) is 50.5 Å². The Morgan fingerprint density at radius 2 is 1.80 bits per heavy atom. The van der Waals surface area contributed by atoms with E-state index in [-0.39, 0.29) is 29.7 Å². The van der Waals surface area contributed by atoms with Gasteiger partial charge in [0.1, 0.15) is 18.2 Å². The molecule has 2 rings (SSSR count). The Morgan fingerprint density at radius 3 is 2.34 bits per heavy atom. The van der Waals surface area contributed by atoms with Crippen molar-refractivity contribution in [3.63, 3.8) is 0 Å². The standard InChI is InChI=1S/C36H55FN2O5/c1-10-12-16-23(3)30(33(35(41)42-9)44-36(6,7)8)31(24(4)25(5)34(40)39-26-17-14-13-15-18-26)28-19-20-29(43-22-21-38)27(11-2)32(28)37/h19-20,26,33H,5,10-18,21-22,38H2,1-4,6-9H3,(H,39,40). The highest BCUT2D eigenvalue weighted by molar-refractivity contribution is 6.03. The van der Waals surface area contributed by atoms with Crippen molar-refractivity contribution in [1.82, 2.24) is 5.32 Å². The first-order valence-corrected chi connectivity index (χ1v) is 16.1. The van der Waals surface area contributed by atoms with Crippen LogP contribution in [0.25, 0.3) is 5.57 Å². The highest BCUT2D eigenvalue weighted by atomic mass is 19.1. The number of nitrogens with two attached hydrogens (primary N) is 1. The number of hydrogen-bond acceptors (Lipinski definition) is 6. The van der Waals surface area contributed by atoms with Crippen LogP contribution in [0.4, 0.5) is 4.39 Å². The van der Waals surface area contributed by atoms with Gasteiger partial charge in [-0.05, 0) is 95.6 Å². The number of nitrogens with one attached hydrogen (secondary N) is 1. The number of ether oxygens (including phenoxy) is 3. The van der Waals surface area contributed by atoms with Gasteiger partial charge in [0.05, 0.1) is 12.7 Å². The van der Waals surface area contributed by atoms with Crippen LogP contribution in [0.15, 0.2) is 41.0 Å². The summed E-state index contributed by atoms with van der Waals surface area (Å²) >= 11 is 0. The minimum atomic E-state index is -1.17. The molecule has 0 saturated heterocycles. The smallest absolute Gasteiger partial charge is 0.339 e. The fraction of sp³-hybridized carbons (Fsp3) is 0.611. The quantitative estimate of drug-likeness (QED) is 0.122. The van der Waals surface area contributed by atoms with E-state index in [1.54, 1.807) is 19.1 Å². The predicted octanol–water partition coefficient (Wildman–Crippen LogP) is 7.37. The second-order valence-corrected chi connectivity index (χ2v) is 12.6. The van der Waals surface area contributed by atoms with Crippen molar-refractivity contribution in [1.29, 1.82) is 0 Å².